The number of benzene rings is 1. The summed E-state index contributed by atoms with van der Waals surface area (Å²) in [6.07, 6.45) is -3.34. The number of para-hydroxylation sites is 1. The predicted molar refractivity (Wildman–Crippen MR) is 389 cm³/mol. The van der Waals surface area contributed by atoms with Gasteiger partial charge >= 0.3 is 30.8 Å². The molecule has 1 amide bonds. The first-order valence-electron chi connectivity index (χ1n) is 34.8. The van der Waals surface area contributed by atoms with Crippen LogP contribution in [0.25, 0.3) is 33.5 Å². The number of nitrogens with two attached hydrogens (primary N) is 2. The molecule has 4 aliphatic rings. The van der Waals surface area contributed by atoms with Gasteiger partial charge in [0.2, 0.25) is 23.8 Å². The van der Waals surface area contributed by atoms with E-state index in [1.54, 1.807) is 51.2 Å². The fourth-order valence-electron chi connectivity index (χ4n) is 13.2. The summed E-state index contributed by atoms with van der Waals surface area (Å²) in [7, 11) is -8.50. The van der Waals surface area contributed by atoms with E-state index in [2.05, 4.69) is 123 Å². The number of fused-ring (bicyclic) bond motifs is 4. The lowest BCUT2D eigenvalue weighted by atomic mass is 9.98. The Labute approximate surface area is 618 Å². The molecule has 10 N–H and O–H groups in total. The van der Waals surface area contributed by atoms with E-state index in [0.29, 0.717) is 17.6 Å². The lowest BCUT2D eigenvalue weighted by molar-refractivity contribution is -0.149. The maximum absolute atomic E-state index is 16.9. The van der Waals surface area contributed by atoms with Crippen LogP contribution in [0.3, 0.4) is 0 Å². The SMILES string of the molecule is CC(C)[Si]1(C(C)C)OC[C@H]2O[C@@H](n3cnc4c(Cl)nc(N)nc43)[C@](C)(F)[C@@H]2O[Si](C(C)C)(C(C)C)O1.CCCCCCC(=O)Nc1nc(NC)c2ncn([C@@H]3O[C@H](CO[P@@](=O)(N[C@@H](C)C(=O)OC(C)C)Oc4ccccc4)C(O)[C@@]3(C)F)c2n1.C[C@@]1(F)[C@H](O)[C@@H](CO)O[C@H]1n1cnc2c(Cl)nc(N)nc21. The molecule has 7 aromatic rings. The number of carbonyl (C=O) groups excluding carboxylic acids is 2. The van der Waals surface area contributed by atoms with Crippen molar-refractivity contribution in [2.24, 2.45) is 0 Å². The number of aliphatic hydroxyl groups excluding tert-OH is 3. The first-order valence-corrected chi connectivity index (χ1v) is 41.1. The number of hydrogen-bond donors (Lipinski definition) is 8. The summed E-state index contributed by atoms with van der Waals surface area (Å²) in [6.45, 7) is 26.8. The zero-order valence-corrected chi connectivity index (χ0v) is 65.9. The molecule has 580 valence electrons. The number of hydrogen-bond acceptors (Lipinski definition) is 27. The number of alkyl halides is 3. The van der Waals surface area contributed by atoms with Crippen molar-refractivity contribution in [3.63, 3.8) is 0 Å². The third kappa shape index (κ3) is 17.2. The van der Waals surface area contributed by atoms with Crippen LogP contribution in [-0.4, -0.2) is 196 Å². The number of carbonyl (C=O) groups is 2. The van der Waals surface area contributed by atoms with Gasteiger partial charge < -0.3 is 68.5 Å². The molecule has 105 heavy (non-hydrogen) atoms. The maximum Gasteiger partial charge on any atom is 0.459 e. The quantitative estimate of drug-likeness (QED) is 0.00916. The Morgan fingerprint density at radius 1 is 0.705 bits per heavy atom. The standard InChI is InChI=1S/C31H45FN7O8P.C23H39ClFN5O4Si2.C11H13ClFN5O3/c1-7-8-9-13-16-23(40)35-30-36-26(33-6)24-27(37-30)39(18-34-24)29-31(5,32)25(41)22(46-29)17-44-48(43,47-21-14-11-10-12-15-21)38-20(4)28(42)45-19(2)3;1-12(2)35(13(3)4)31-10-16-18(33-36(34-35,14(5)6)15(7)8)23(9,25)21(32-16)30-11-27-17-19(24)28-22(26)29-20(17)30;1-11(13)6(20)4(2-19)21-9(11)18-3-15-5-7(12)16-10(14)17-8(5)18/h10-12,14-15,18-20,22,25,29,41H,7-9,13,16-17H2,1-6H3,(H,38,43)(H2,33,35,36,37,40);11-16,18,21H,10H2,1-9H3,(H2,26,28,29);3-4,6,9,19-20H,2H2,1H3,(H2,14,16,17)/t20-,22+,25?,29+,31+,48-;16-,18-,21-,23-;4-,6-,9-,11-/m011/s1. The van der Waals surface area contributed by atoms with Gasteiger partial charge in [-0.1, -0.05) is 123 Å². The molecule has 1 aromatic carbocycles. The van der Waals surface area contributed by atoms with Crippen molar-refractivity contribution < 1.29 is 83.6 Å². The Morgan fingerprint density at radius 2 is 1.21 bits per heavy atom. The van der Waals surface area contributed by atoms with Gasteiger partial charge in [0.25, 0.3) is 0 Å². The van der Waals surface area contributed by atoms with Gasteiger partial charge in [0.1, 0.15) is 59.4 Å². The van der Waals surface area contributed by atoms with Crippen LogP contribution < -0.4 is 31.7 Å². The summed E-state index contributed by atoms with van der Waals surface area (Å²) in [5, 5.41) is 38.4. The van der Waals surface area contributed by atoms with Crippen LogP contribution in [-0.2, 0) is 50.6 Å². The molecule has 4 fully saturated rings. The Hall–Kier alpha value is -6.40. The van der Waals surface area contributed by atoms with Crippen molar-refractivity contribution in [3.05, 3.63) is 59.6 Å². The van der Waals surface area contributed by atoms with Crippen LogP contribution >= 0.6 is 30.9 Å². The molecule has 10 heterocycles. The number of halogens is 5. The zero-order chi connectivity index (χ0) is 77.2. The summed E-state index contributed by atoms with van der Waals surface area (Å²) < 4.78 is 121. The van der Waals surface area contributed by atoms with E-state index in [0.717, 1.165) is 32.6 Å². The number of rotatable bonds is 24. The lowest BCUT2D eigenvalue weighted by Crippen LogP contribution is -2.66. The van der Waals surface area contributed by atoms with E-state index in [1.807, 2.05) is 0 Å². The highest BCUT2D eigenvalue weighted by Crippen LogP contribution is 2.54. The summed E-state index contributed by atoms with van der Waals surface area (Å²) in [6, 6.07) is 7.01. The number of imidazole rings is 3. The molecule has 11 rings (SSSR count). The summed E-state index contributed by atoms with van der Waals surface area (Å²) in [5.41, 5.74) is 6.81. The molecule has 4 aliphatic heterocycles. The third-order valence-electron chi connectivity index (χ3n) is 18.8. The number of unbranched alkanes of at least 4 members (excludes halogenated alkanes) is 3. The predicted octanol–water partition coefficient (Wildman–Crippen LogP) is 10.6. The van der Waals surface area contributed by atoms with Crippen molar-refractivity contribution in [1.29, 1.82) is 0 Å². The van der Waals surface area contributed by atoms with E-state index in [9.17, 15) is 28.8 Å². The van der Waals surface area contributed by atoms with Crippen LogP contribution in [0.15, 0.2) is 49.3 Å². The highest BCUT2D eigenvalue weighted by Gasteiger charge is 2.66. The van der Waals surface area contributed by atoms with Crippen LogP contribution in [0.4, 0.5) is 36.8 Å². The number of esters is 1. The van der Waals surface area contributed by atoms with Gasteiger partial charge in [-0.2, -0.15) is 35.0 Å². The van der Waals surface area contributed by atoms with E-state index in [4.69, 9.17) is 80.7 Å². The topological polar surface area (TPSA) is 414 Å². The normalized spacial score (nSPS) is 27.4. The van der Waals surface area contributed by atoms with Crippen molar-refractivity contribution >= 4 is 117 Å². The number of nitrogens with zero attached hydrogens (tertiary/aromatic N) is 12. The minimum absolute atomic E-state index is 0.0109. The van der Waals surface area contributed by atoms with Crippen molar-refractivity contribution in [3.8, 4) is 5.75 Å². The molecule has 0 spiro atoms. The minimum Gasteiger partial charge on any atom is -0.462 e. The molecule has 4 saturated heterocycles. The number of ether oxygens (including phenoxy) is 4. The van der Waals surface area contributed by atoms with E-state index in [-0.39, 0.29) is 96.7 Å². The van der Waals surface area contributed by atoms with Gasteiger partial charge in [0.05, 0.1) is 44.9 Å². The Morgan fingerprint density at radius 3 is 1.70 bits per heavy atom. The lowest BCUT2D eigenvalue weighted by Gasteiger charge is -2.51. The smallest absolute Gasteiger partial charge is 0.459 e. The second-order valence-electron chi connectivity index (χ2n) is 28.4. The van der Waals surface area contributed by atoms with Gasteiger partial charge in [-0.25, -0.2) is 32.7 Å². The number of amides is 1. The first-order chi connectivity index (χ1) is 49.3. The van der Waals surface area contributed by atoms with Gasteiger partial charge in [-0.15, -0.1) is 0 Å². The summed E-state index contributed by atoms with van der Waals surface area (Å²) in [5.74, 6) is -0.623. The summed E-state index contributed by atoms with van der Waals surface area (Å²) in [4.78, 5) is 62.4. The molecule has 32 nitrogen and oxygen atoms in total. The van der Waals surface area contributed by atoms with Crippen LogP contribution in [0.2, 0.25) is 32.5 Å². The monoisotopic (exact) mass is 1570 g/mol. The number of aromatic nitrogens is 12. The maximum atomic E-state index is 16.9. The van der Waals surface area contributed by atoms with Gasteiger partial charge in [-0.05, 0) is 82.3 Å². The fraction of sp³-hybridized carbons (Fsp3) is 0.646. The zero-order valence-electron chi connectivity index (χ0n) is 61.5. The van der Waals surface area contributed by atoms with Crippen molar-refractivity contribution in [2.45, 2.75) is 243 Å². The van der Waals surface area contributed by atoms with Crippen LogP contribution in [0.1, 0.15) is 155 Å². The van der Waals surface area contributed by atoms with Crippen molar-refractivity contribution in [2.75, 3.05) is 49.0 Å². The molecular formula is C65H97Cl2F3N17O15PSi2. The van der Waals surface area contributed by atoms with E-state index >= 15 is 8.78 Å². The molecular weight excluding hydrogens is 1470 g/mol. The van der Waals surface area contributed by atoms with Gasteiger partial charge in [0, 0.05) is 13.5 Å². The first kappa shape index (κ1) is 82.7. The minimum atomic E-state index is -4.33. The van der Waals surface area contributed by atoms with Gasteiger partial charge in [-0.3, -0.25) is 33.1 Å². The molecule has 6 aromatic heterocycles. The molecule has 0 radical (unpaired) electrons. The number of aliphatic hydroxyl groups is 3. The Kier molecular flexibility index (Phi) is 26.1. The highest BCUT2D eigenvalue weighted by atomic mass is 35.5. The largest absolute Gasteiger partial charge is 0.462 e. The number of nitrogen functional groups attached to an aromatic ring is 2. The number of anilines is 4. The Balaban J connectivity index is 0.000000196. The van der Waals surface area contributed by atoms with Crippen LogP contribution in [0, 0.1) is 0 Å². The Bertz CT molecular complexity index is 4190. The second-order valence-corrected chi connectivity index (χ2v) is 39.6. The summed E-state index contributed by atoms with van der Waals surface area (Å²) >= 11 is 12.1. The second kappa shape index (κ2) is 33.2. The molecule has 0 bridgehead atoms. The highest BCUT2D eigenvalue weighted by molar-refractivity contribution is 7.52. The fourth-order valence-corrected chi connectivity index (χ4v) is 26.4. The third-order valence-corrected chi connectivity index (χ3v) is 31.2. The average Bonchev–Trinajstić information content (AvgIpc) is 1.63. The molecule has 0 aliphatic carbocycles. The molecule has 1 unspecified atom stereocenters. The molecule has 14 atom stereocenters. The van der Waals surface area contributed by atoms with E-state index in [1.165, 1.54) is 53.5 Å². The van der Waals surface area contributed by atoms with Crippen LogP contribution in [0.5, 0.6) is 5.75 Å². The van der Waals surface area contributed by atoms with E-state index < -0.39 is 129 Å². The van der Waals surface area contributed by atoms with Crippen molar-refractivity contribution in [1.82, 2.24) is 63.6 Å². The molecule has 40 heteroatoms. The average molecular weight is 1570 g/mol. The molecule has 0 saturated carbocycles. The number of nitrogens with one attached hydrogen (secondary N) is 3. The van der Waals surface area contributed by atoms with Gasteiger partial charge in [0.15, 0.2) is 74.3 Å².